The van der Waals surface area contributed by atoms with Crippen LogP contribution in [0.5, 0.6) is 0 Å². The maximum absolute atomic E-state index is 12.6. The van der Waals surface area contributed by atoms with Crippen LogP contribution in [0, 0.1) is 12.8 Å². The van der Waals surface area contributed by atoms with Gasteiger partial charge in [0.1, 0.15) is 0 Å². The van der Waals surface area contributed by atoms with Crippen molar-refractivity contribution in [1.82, 2.24) is 15.6 Å². The molecule has 6 heteroatoms. The molecule has 0 spiro atoms. The summed E-state index contributed by atoms with van der Waals surface area (Å²) in [5.74, 6) is -0.0517. The third kappa shape index (κ3) is 4.88. The number of rotatable bonds is 4. The molecule has 0 radical (unpaired) electrons. The van der Waals surface area contributed by atoms with Gasteiger partial charge in [0.15, 0.2) is 0 Å². The molecule has 3 unspecified atom stereocenters. The number of aromatic nitrogens is 1. The number of hydrogen-bond donors (Lipinski definition) is 2. The van der Waals surface area contributed by atoms with Crippen molar-refractivity contribution in [2.24, 2.45) is 5.92 Å². The number of thioether (sulfide) groups is 1. The summed E-state index contributed by atoms with van der Waals surface area (Å²) in [4.78, 5) is 30.2. The lowest BCUT2D eigenvalue weighted by Crippen LogP contribution is -2.51. The van der Waals surface area contributed by atoms with E-state index in [2.05, 4.69) is 34.7 Å². The molecule has 2 fully saturated rings. The van der Waals surface area contributed by atoms with Crippen LogP contribution in [0.15, 0.2) is 53.6 Å². The maximum atomic E-state index is 12.6. The molecule has 2 heterocycles. The molecule has 150 valence electrons. The maximum Gasteiger partial charge on any atom is 0.257 e. The Hall–Kier alpha value is -2.60. The summed E-state index contributed by atoms with van der Waals surface area (Å²) in [7, 11) is 0. The lowest BCUT2D eigenvalue weighted by atomic mass is 9.84. The van der Waals surface area contributed by atoms with E-state index in [0.29, 0.717) is 18.2 Å². The summed E-state index contributed by atoms with van der Waals surface area (Å²) < 4.78 is 0. The molecule has 4 rings (SSSR count). The number of nitrogens with zero attached hydrogens (tertiary/aromatic N) is 1. The lowest BCUT2D eigenvalue weighted by molar-refractivity contribution is -0.127. The van der Waals surface area contributed by atoms with Gasteiger partial charge in [0, 0.05) is 23.4 Å². The lowest BCUT2D eigenvalue weighted by Gasteiger charge is -2.39. The molecule has 29 heavy (non-hydrogen) atoms. The van der Waals surface area contributed by atoms with E-state index in [4.69, 9.17) is 0 Å². The van der Waals surface area contributed by atoms with Gasteiger partial charge in [-0.15, -0.1) is 11.8 Å². The number of carbonyl (C=O) groups excluding carboxylic acids is 2. The quantitative estimate of drug-likeness (QED) is 0.762. The zero-order valence-corrected chi connectivity index (χ0v) is 17.2. The van der Waals surface area contributed by atoms with Gasteiger partial charge in [-0.05, 0) is 50.0 Å². The Balaban J connectivity index is 1.35. The van der Waals surface area contributed by atoms with Crippen LogP contribution in [0.25, 0.3) is 6.08 Å². The van der Waals surface area contributed by atoms with Crippen LogP contribution in [0.2, 0.25) is 0 Å². The third-order valence-corrected chi connectivity index (χ3v) is 6.95. The first-order valence-electron chi connectivity index (χ1n) is 10.0. The van der Waals surface area contributed by atoms with Crippen molar-refractivity contribution in [3.8, 4) is 0 Å². The molecule has 1 aliphatic heterocycles. The van der Waals surface area contributed by atoms with Crippen molar-refractivity contribution in [2.45, 2.75) is 44.0 Å². The highest BCUT2D eigenvalue weighted by atomic mass is 32.2. The number of hydrogen-bond acceptors (Lipinski definition) is 4. The highest BCUT2D eigenvalue weighted by molar-refractivity contribution is 8.04. The largest absolute Gasteiger partial charge is 0.350 e. The van der Waals surface area contributed by atoms with E-state index in [1.54, 1.807) is 18.0 Å². The fourth-order valence-corrected chi connectivity index (χ4v) is 5.16. The van der Waals surface area contributed by atoms with E-state index in [9.17, 15) is 9.59 Å². The molecule has 1 saturated carbocycles. The summed E-state index contributed by atoms with van der Waals surface area (Å²) >= 11 is 1.65. The molecule has 5 nitrogen and oxygen atoms in total. The van der Waals surface area contributed by atoms with Gasteiger partial charge in [0.05, 0.1) is 17.1 Å². The average molecular weight is 408 g/mol. The van der Waals surface area contributed by atoms with Crippen LogP contribution in [0.1, 0.15) is 36.1 Å². The van der Waals surface area contributed by atoms with Crippen LogP contribution in [-0.4, -0.2) is 28.1 Å². The topological polar surface area (TPSA) is 71.1 Å². The van der Waals surface area contributed by atoms with Crippen LogP contribution >= 0.6 is 11.8 Å². The van der Waals surface area contributed by atoms with Gasteiger partial charge in [-0.1, -0.05) is 35.9 Å². The van der Waals surface area contributed by atoms with Crippen LogP contribution in [0.3, 0.4) is 0 Å². The van der Waals surface area contributed by atoms with Gasteiger partial charge in [-0.25, -0.2) is 0 Å². The normalized spacial score (nSPS) is 25.2. The Morgan fingerprint density at radius 2 is 2.07 bits per heavy atom. The summed E-state index contributed by atoms with van der Waals surface area (Å²) in [6, 6.07) is 13.9. The minimum atomic E-state index is -0.0662. The number of fused-ring (bicyclic) bond motifs is 1. The second-order valence-electron chi connectivity index (χ2n) is 7.70. The summed E-state index contributed by atoms with van der Waals surface area (Å²) in [6.45, 7) is 2.49. The number of benzene rings is 1. The highest BCUT2D eigenvalue weighted by Gasteiger charge is 2.39. The predicted molar refractivity (Wildman–Crippen MR) is 116 cm³/mol. The molecule has 2 aromatic rings. The van der Waals surface area contributed by atoms with Gasteiger partial charge in [-0.3, -0.25) is 14.6 Å². The van der Waals surface area contributed by atoms with Gasteiger partial charge >= 0.3 is 0 Å². The van der Waals surface area contributed by atoms with E-state index >= 15 is 0 Å². The van der Waals surface area contributed by atoms with Gasteiger partial charge < -0.3 is 10.6 Å². The molecule has 1 aromatic heterocycles. The molecule has 2 amide bonds. The zero-order valence-electron chi connectivity index (χ0n) is 16.4. The van der Waals surface area contributed by atoms with Gasteiger partial charge in [0.2, 0.25) is 5.91 Å². The Morgan fingerprint density at radius 1 is 1.24 bits per heavy atom. The minimum Gasteiger partial charge on any atom is -0.350 e. The number of carbonyl (C=O) groups is 2. The van der Waals surface area contributed by atoms with Gasteiger partial charge in [0.25, 0.3) is 5.91 Å². The van der Waals surface area contributed by atoms with Crippen molar-refractivity contribution < 1.29 is 9.59 Å². The van der Waals surface area contributed by atoms with Gasteiger partial charge in [-0.2, -0.15) is 0 Å². The second kappa shape index (κ2) is 8.82. The molecule has 1 aliphatic carbocycles. The minimum absolute atomic E-state index is 0.0358. The van der Waals surface area contributed by atoms with E-state index in [1.165, 1.54) is 5.56 Å². The first-order valence-corrected chi connectivity index (χ1v) is 10.9. The summed E-state index contributed by atoms with van der Waals surface area (Å²) in [5, 5.41) is 6.45. The SMILES string of the molecule is Cc1ccc(/C=C2/SC3CCC(C(=O)NCc4ccccn4)CC3NC2=O)cc1. The molecule has 2 aliphatic rings. The summed E-state index contributed by atoms with van der Waals surface area (Å²) in [5.41, 5.74) is 3.09. The second-order valence-corrected chi connectivity index (χ2v) is 8.99. The number of nitrogens with one attached hydrogen (secondary N) is 2. The standard InChI is InChI=1S/C23H25N3O2S/c1-15-5-7-16(8-6-15)12-21-23(28)26-19-13-17(9-10-20(19)29-21)22(27)25-14-18-4-2-3-11-24-18/h2-8,11-12,17,19-20H,9-10,13-14H2,1H3,(H,25,27)(H,26,28)/b21-12+. The molecule has 2 N–H and O–H groups in total. The smallest absolute Gasteiger partial charge is 0.257 e. The van der Waals surface area contributed by atoms with Crippen molar-refractivity contribution in [3.63, 3.8) is 0 Å². The first-order chi connectivity index (χ1) is 14.1. The van der Waals surface area contributed by atoms with Crippen molar-refractivity contribution >= 4 is 29.7 Å². The Bertz CT molecular complexity index is 911. The molecule has 1 saturated heterocycles. The van der Waals surface area contributed by atoms with Crippen molar-refractivity contribution in [1.29, 1.82) is 0 Å². The molecular formula is C23H25N3O2S. The zero-order chi connectivity index (χ0) is 20.2. The fraction of sp³-hybridized carbons (Fsp3) is 0.348. The Kier molecular flexibility index (Phi) is 6.00. The first kappa shape index (κ1) is 19.7. The fourth-order valence-electron chi connectivity index (χ4n) is 3.87. The van der Waals surface area contributed by atoms with E-state index in [1.807, 2.05) is 36.4 Å². The average Bonchev–Trinajstić information content (AvgIpc) is 2.74. The van der Waals surface area contributed by atoms with Crippen LogP contribution in [-0.2, 0) is 16.1 Å². The van der Waals surface area contributed by atoms with E-state index in [-0.39, 0.29) is 23.8 Å². The monoisotopic (exact) mass is 407 g/mol. The van der Waals surface area contributed by atoms with E-state index < -0.39 is 0 Å². The Morgan fingerprint density at radius 3 is 2.83 bits per heavy atom. The molecular weight excluding hydrogens is 382 g/mol. The van der Waals surface area contributed by atoms with Crippen LogP contribution < -0.4 is 10.6 Å². The number of amides is 2. The molecule has 1 aromatic carbocycles. The predicted octanol–water partition coefficient (Wildman–Crippen LogP) is 3.45. The van der Waals surface area contributed by atoms with Crippen molar-refractivity contribution in [2.75, 3.05) is 0 Å². The number of pyridine rings is 1. The summed E-state index contributed by atoms with van der Waals surface area (Å²) in [6.07, 6.45) is 6.14. The number of aryl methyl sites for hydroxylation is 1. The molecule has 3 atom stereocenters. The third-order valence-electron chi connectivity index (χ3n) is 5.52. The highest BCUT2D eigenvalue weighted by Crippen LogP contribution is 2.39. The molecule has 0 bridgehead atoms. The van der Waals surface area contributed by atoms with E-state index in [0.717, 1.165) is 29.0 Å². The van der Waals surface area contributed by atoms with Crippen molar-refractivity contribution in [3.05, 3.63) is 70.4 Å². The Labute approximate surface area is 175 Å². The van der Waals surface area contributed by atoms with Crippen LogP contribution in [0.4, 0.5) is 0 Å².